The van der Waals surface area contributed by atoms with E-state index in [-0.39, 0.29) is 30.2 Å². The fourth-order valence-corrected chi connectivity index (χ4v) is 5.03. The number of likely N-dealkylation sites (N-methyl/N-ethyl adjacent to an activating group) is 1. The van der Waals surface area contributed by atoms with Crippen LogP contribution in [0.2, 0.25) is 0 Å². The molecule has 1 fully saturated rings. The van der Waals surface area contributed by atoms with Crippen LogP contribution >= 0.6 is 11.3 Å². The van der Waals surface area contributed by atoms with E-state index in [2.05, 4.69) is 10.2 Å². The summed E-state index contributed by atoms with van der Waals surface area (Å²) in [5, 5.41) is 3.22. The molecule has 1 aromatic heterocycles. The predicted molar refractivity (Wildman–Crippen MR) is 109 cm³/mol. The van der Waals surface area contributed by atoms with Crippen molar-refractivity contribution >= 4 is 45.7 Å². The van der Waals surface area contributed by atoms with Crippen LogP contribution in [-0.2, 0) is 22.6 Å². The lowest BCUT2D eigenvalue weighted by atomic mass is 10.0. The minimum Gasteiger partial charge on any atom is -0.365 e. The lowest BCUT2D eigenvalue weighted by Gasteiger charge is -2.22. The van der Waals surface area contributed by atoms with Gasteiger partial charge in [0.1, 0.15) is 5.00 Å². The van der Waals surface area contributed by atoms with Gasteiger partial charge >= 0.3 is 0 Å². The summed E-state index contributed by atoms with van der Waals surface area (Å²) in [5.74, 6) is -1.55. The third kappa shape index (κ3) is 3.54. The minimum absolute atomic E-state index is 0.173. The molecular weight excluding hydrogens is 392 g/mol. The lowest BCUT2D eigenvalue weighted by molar-refractivity contribution is -0.121. The molecule has 0 saturated carbocycles. The molecule has 0 unspecified atom stereocenters. The van der Waals surface area contributed by atoms with Gasteiger partial charge in [-0.05, 0) is 37.2 Å². The van der Waals surface area contributed by atoms with Gasteiger partial charge < -0.3 is 16.0 Å². The van der Waals surface area contributed by atoms with Crippen molar-refractivity contribution in [3.63, 3.8) is 0 Å². The summed E-state index contributed by atoms with van der Waals surface area (Å²) in [5.41, 5.74) is 7.51. The number of nitrogens with zero attached hydrogens (tertiary/aromatic N) is 2. The van der Waals surface area contributed by atoms with Crippen LogP contribution in [0.1, 0.15) is 44.0 Å². The van der Waals surface area contributed by atoms with E-state index < -0.39 is 11.8 Å². The van der Waals surface area contributed by atoms with Crippen molar-refractivity contribution in [2.75, 3.05) is 23.8 Å². The number of fused-ring (bicyclic) bond motifs is 1. The summed E-state index contributed by atoms with van der Waals surface area (Å²) in [6.07, 6.45) is 1.05. The second-order valence-corrected chi connectivity index (χ2v) is 8.29. The van der Waals surface area contributed by atoms with Crippen LogP contribution in [0.5, 0.6) is 0 Å². The Morgan fingerprint density at radius 1 is 1.14 bits per heavy atom. The van der Waals surface area contributed by atoms with Crippen LogP contribution in [-0.4, -0.2) is 42.1 Å². The Bertz CT molecular complexity index is 1030. The molecule has 4 rings (SSSR count). The standard InChI is InChI=1S/C20H20N4O4S/c1-23-8-7-13-14(10-23)29-20(17(13)18(21)27)22-19(28)11-3-2-4-12(9-11)24-15(25)5-6-16(24)26/h2-4,9H,5-8,10H2,1H3,(H2,21,27)(H,22,28). The summed E-state index contributed by atoms with van der Waals surface area (Å²) < 4.78 is 0. The monoisotopic (exact) mass is 412 g/mol. The Morgan fingerprint density at radius 3 is 2.55 bits per heavy atom. The van der Waals surface area contributed by atoms with Gasteiger partial charge in [0.2, 0.25) is 11.8 Å². The zero-order valence-electron chi connectivity index (χ0n) is 15.9. The molecule has 1 aromatic carbocycles. The van der Waals surface area contributed by atoms with E-state index in [0.29, 0.717) is 29.2 Å². The molecule has 29 heavy (non-hydrogen) atoms. The molecule has 0 spiro atoms. The Morgan fingerprint density at radius 2 is 1.86 bits per heavy atom. The fraction of sp³-hybridized carbons (Fsp3) is 0.300. The molecule has 3 heterocycles. The first-order valence-electron chi connectivity index (χ1n) is 9.25. The van der Waals surface area contributed by atoms with Gasteiger partial charge in [-0.2, -0.15) is 0 Å². The maximum absolute atomic E-state index is 12.8. The van der Waals surface area contributed by atoms with Crippen molar-refractivity contribution in [3.05, 3.63) is 45.8 Å². The van der Waals surface area contributed by atoms with Gasteiger partial charge in [0.25, 0.3) is 11.8 Å². The number of carbonyl (C=O) groups is 4. The van der Waals surface area contributed by atoms with E-state index >= 15 is 0 Å². The Kier molecular flexibility index (Phi) is 4.93. The van der Waals surface area contributed by atoms with Crippen LogP contribution < -0.4 is 16.0 Å². The van der Waals surface area contributed by atoms with Crippen LogP contribution in [0.15, 0.2) is 24.3 Å². The molecular formula is C20H20N4O4S. The van der Waals surface area contributed by atoms with E-state index in [1.807, 2.05) is 7.05 Å². The first-order valence-corrected chi connectivity index (χ1v) is 10.1. The number of rotatable bonds is 4. The average Bonchev–Trinajstić information content (AvgIpc) is 3.20. The van der Waals surface area contributed by atoms with Crippen LogP contribution in [0.4, 0.5) is 10.7 Å². The summed E-state index contributed by atoms with van der Waals surface area (Å²) in [4.78, 5) is 53.1. The third-order valence-corrected chi connectivity index (χ3v) is 6.27. The summed E-state index contributed by atoms with van der Waals surface area (Å²) in [6, 6.07) is 6.33. The van der Waals surface area contributed by atoms with Crippen molar-refractivity contribution in [1.82, 2.24) is 4.90 Å². The smallest absolute Gasteiger partial charge is 0.256 e. The number of nitrogens with one attached hydrogen (secondary N) is 1. The molecule has 0 aliphatic carbocycles. The second kappa shape index (κ2) is 7.41. The molecule has 3 N–H and O–H groups in total. The van der Waals surface area contributed by atoms with Crippen molar-refractivity contribution in [2.24, 2.45) is 5.73 Å². The topological polar surface area (TPSA) is 113 Å². The predicted octanol–water partition coefficient (Wildman–Crippen LogP) is 1.74. The summed E-state index contributed by atoms with van der Waals surface area (Å²) in [6.45, 7) is 1.52. The van der Waals surface area contributed by atoms with Crippen molar-refractivity contribution in [2.45, 2.75) is 25.8 Å². The molecule has 4 amide bonds. The number of amides is 4. The number of hydrogen-bond donors (Lipinski definition) is 2. The number of carbonyl (C=O) groups excluding carboxylic acids is 4. The summed E-state index contributed by atoms with van der Waals surface area (Å²) in [7, 11) is 2.00. The average molecular weight is 412 g/mol. The van der Waals surface area contributed by atoms with E-state index in [1.165, 1.54) is 17.4 Å². The van der Waals surface area contributed by atoms with Gasteiger partial charge in [-0.1, -0.05) is 6.07 Å². The molecule has 0 radical (unpaired) electrons. The number of thiophene rings is 1. The first-order chi connectivity index (χ1) is 13.8. The first kappa shape index (κ1) is 19.3. The van der Waals surface area contributed by atoms with E-state index in [1.54, 1.807) is 18.2 Å². The Hall–Kier alpha value is -3.04. The summed E-state index contributed by atoms with van der Waals surface area (Å²) >= 11 is 1.35. The third-order valence-electron chi connectivity index (χ3n) is 5.14. The van der Waals surface area contributed by atoms with Gasteiger partial charge in [-0.3, -0.25) is 24.1 Å². The van der Waals surface area contributed by atoms with Gasteiger partial charge in [0, 0.05) is 36.4 Å². The molecule has 2 aliphatic heterocycles. The molecule has 8 nitrogen and oxygen atoms in total. The molecule has 150 valence electrons. The maximum atomic E-state index is 12.8. The molecule has 1 saturated heterocycles. The van der Waals surface area contributed by atoms with Crippen LogP contribution in [0, 0.1) is 0 Å². The van der Waals surface area contributed by atoms with E-state index in [0.717, 1.165) is 21.9 Å². The van der Waals surface area contributed by atoms with Crippen LogP contribution in [0.25, 0.3) is 0 Å². The molecule has 0 bridgehead atoms. The highest BCUT2D eigenvalue weighted by Gasteiger charge is 2.31. The van der Waals surface area contributed by atoms with Crippen molar-refractivity contribution in [1.29, 1.82) is 0 Å². The van der Waals surface area contributed by atoms with Crippen molar-refractivity contribution < 1.29 is 19.2 Å². The van der Waals surface area contributed by atoms with Crippen LogP contribution in [0.3, 0.4) is 0 Å². The SMILES string of the molecule is CN1CCc2c(sc(NC(=O)c3cccc(N4C(=O)CCC4=O)c3)c2C(N)=O)C1. The van der Waals surface area contributed by atoms with Crippen molar-refractivity contribution in [3.8, 4) is 0 Å². The zero-order chi connectivity index (χ0) is 20.7. The molecule has 9 heteroatoms. The number of primary amides is 1. The highest BCUT2D eigenvalue weighted by molar-refractivity contribution is 7.17. The van der Waals surface area contributed by atoms with Gasteiger partial charge in [0.05, 0.1) is 11.3 Å². The highest BCUT2D eigenvalue weighted by Crippen LogP contribution is 2.37. The normalized spacial score (nSPS) is 16.8. The lowest BCUT2D eigenvalue weighted by Crippen LogP contribution is -2.28. The number of benzene rings is 1. The number of anilines is 2. The number of imide groups is 1. The molecule has 0 atom stereocenters. The van der Waals surface area contributed by atoms with Gasteiger partial charge in [-0.15, -0.1) is 11.3 Å². The van der Waals surface area contributed by atoms with E-state index in [9.17, 15) is 19.2 Å². The molecule has 2 aliphatic rings. The number of nitrogens with two attached hydrogens (primary N) is 1. The zero-order valence-corrected chi connectivity index (χ0v) is 16.7. The Labute approximate surface area is 171 Å². The largest absolute Gasteiger partial charge is 0.365 e. The number of hydrogen-bond acceptors (Lipinski definition) is 6. The second-order valence-electron chi connectivity index (χ2n) is 7.19. The Balaban J connectivity index is 1.62. The minimum atomic E-state index is -0.565. The quantitative estimate of drug-likeness (QED) is 0.743. The van der Waals surface area contributed by atoms with Gasteiger partial charge in [-0.25, -0.2) is 0 Å². The maximum Gasteiger partial charge on any atom is 0.256 e. The molecule has 2 aromatic rings. The van der Waals surface area contributed by atoms with Gasteiger partial charge in [0.15, 0.2) is 0 Å². The fourth-order valence-electron chi connectivity index (χ4n) is 3.71. The highest BCUT2D eigenvalue weighted by atomic mass is 32.1. The van der Waals surface area contributed by atoms with E-state index in [4.69, 9.17) is 5.73 Å².